The second kappa shape index (κ2) is 4.17. The Balaban J connectivity index is 2.53. The van der Waals surface area contributed by atoms with E-state index >= 15 is 0 Å². The van der Waals surface area contributed by atoms with Crippen molar-refractivity contribution in [3.8, 4) is 0 Å². The summed E-state index contributed by atoms with van der Waals surface area (Å²) in [7, 11) is 0. The van der Waals surface area contributed by atoms with Crippen LogP contribution in [0.25, 0.3) is 0 Å². The van der Waals surface area contributed by atoms with Gasteiger partial charge in [-0.2, -0.15) is 11.8 Å². The lowest BCUT2D eigenvalue weighted by atomic mass is 9.79. The van der Waals surface area contributed by atoms with Crippen LogP contribution in [0, 0.1) is 5.41 Å². The van der Waals surface area contributed by atoms with Crippen LogP contribution in [0.2, 0.25) is 0 Å². The highest BCUT2D eigenvalue weighted by atomic mass is 32.2. The SMILES string of the molecule is CCC1(CC(=O)O)CCCSC1. The Labute approximate surface area is 77.7 Å². The first-order valence-corrected chi connectivity index (χ1v) is 5.63. The van der Waals surface area contributed by atoms with E-state index in [2.05, 4.69) is 6.92 Å². The van der Waals surface area contributed by atoms with Gasteiger partial charge in [0.05, 0.1) is 6.42 Å². The molecule has 0 spiro atoms. The molecule has 0 aromatic rings. The summed E-state index contributed by atoms with van der Waals surface area (Å²) in [4.78, 5) is 10.6. The molecule has 1 N–H and O–H groups in total. The van der Waals surface area contributed by atoms with Crippen LogP contribution in [0.15, 0.2) is 0 Å². The number of thioether (sulfide) groups is 1. The van der Waals surface area contributed by atoms with Crippen molar-refractivity contribution in [3.63, 3.8) is 0 Å². The first-order chi connectivity index (χ1) is 5.68. The van der Waals surface area contributed by atoms with Crippen LogP contribution in [-0.2, 0) is 4.79 Å². The molecule has 0 aromatic heterocycles. The quantitative estimate of drug-likeness (QED) is 0.739. The standard InChI is InChI=1S/C9H16O2S/c1-2-9(6-8(10)11)4-3-5-12-7-9/h2-7H2,1H3,(H,10,11). The minimum atomic E-state index is -0.639. The van der Waals surface area contributed by atoms with E-state index in [0.29, 0.717) is 6.42 Å². The molecule has 70 valence electrons. The Hall–Kier alpha value is -0.180. The molecule has 1 atom stereocenters. The third-order valence-corrected chi connectivity index (χ3v) is 4.07. The first-order valence-electron chi connectivity index (χ1n) is 4.48. The lowest BCUT2D eigenvalue weighted by molar-refractivity contribution is -0.139. The normalized spacial score (nSPS) is 30.1. The molecule has 1 fully saturated rings. The lowest BCUT2D eigenvalue weighted by Crippen LogP contribution is -2.29. The predicted molar refractivity (Wildman–Crippen MR) is 51.5 cm³/mol. The van der Waals surface area contributed by atoms with Crippen LogP contribution in [0.5, 0.6) is 0 Å². The number of carbonyl (C=O) groups is 1. The maximum absolute atomic E-state index is 10.6. The molecule has 0 aliphatic carbocycles. The lowest BCUT2D eigenvalue weighted by Gasteiger charge is -2.34. The molecule has 3 heteroatoms. The van der Waals surface area contributed by atoms with E-state index in [9.17, 15) is 4.79 Å². The summed E-state index contributed by atoms with van der Waals surface area (Å²) in [5.41, 5.74) is 0.106. The molecule has 0 aromatic carbocycles. The van der Waals surface area contributed by atoms with E-state index in [1.165, 1.54) is 12.2 Å². The first kappa shape index (κ1) is 9.90. The van der Waals surface area contributed by atoms with E-state index in [0.717, 1.165) is 18.6 Å². The van der Waals surface area contributed by atoms with Gasteiger partial charge in [-0.15, -0.1) is 0 Å². The minimum absolute atomic E-state index is 0.106. The zero-order valence-electron chi connectivity index (χ0n) is 7.51. The van der Waals surface area contributed by atoms with E-state index in [4.69, 9.17) is 5.11 Å². The fourth-order valence-electron chi connectivity index (χ4n) is 1.77. The van der Waals surface area contributed by atoms with Crippen molar-refractivity contribution in [3.05, 3.63) is 0 Å². The maximum Gasteiger partial charge on any atom is 0.303 e. The van der Waals surface area contributed by atoms with Crippen molar-refractivity contribution in [2.45, 2.75) is 32.6 Å². The summed E-state index contributed by atoms with van der Waals surface area (Å²) in [5, 5.41) is 8.75. The summed E-state index contributed by atoms with van der Waals surface area (Å²) in [6.07, 6.45) is 3.65. The topological polar surface area (TPSA) is 37.3 Å². The van der Waals surface area contributed by atoms with E-state index < -0.39 is 5.97 Å². The molecule has 1 unspecified atom stereocenters. The molecule has 1 saturated heterocycles. The van der Waals surface area contributed by atoms with Crippen LogP contribution in [0.4, 0.5) is 0 Å². The number of aliphatic carboxylic acids is 1. The van der Waals surface area contributed by atoms with Crippen LogP contribution in [0.3, 0.4) is 0 Å². The van der Waals surface area contributed by atoms with E-state index in [1.54, 1.807) is 0 Å². The van der Waals surface area contributed by atoms with Gasteiger partial charge in [0.25, 0.3) is 0 Å². The summed E-state index contributed by atoms with van der Waals surface area (Å²) < 4.78 is 0. The number of hydrogen-bond acceptors (Lipinski definition) is 2. The van der Waals surface area contributed by atoms with Crippen molar-refractivity contribution in [1.29, 1.82) is 0 Å². The van der Waals surface area contributed by atoms with Gasteiger partial charge in [0.1, 0.15) is 0 Å². The van der Waals surface area contributed by atoms with Gasteiger partial charge in [0.15, 0.2) is 0 Å². The Morgan fingerprint density at radius 3 is 2.83 bits per heavy atom. The second-order valence-corrected chi connectivity index (χ2v) is 4.69. The molecular weight excluding hydrogens is 172 g/mol. The van der Waals surface area contributed by atoms with Gasteiger partial charge >= 0.3 is 5.97 Å². The number of hydrogen-bond donors (Lipinski definition) is 1. The van der Waals surface area contributed by atoms with Gasteiger partial charge in [-0.1, -0.05) is 6.92 Å². The highest BCUT2D eigenvalue weighted by Crippen LogP contribution is 2.40. The van der Waals surface area contributed by atoms with E-state index in [1.807, 2.05) is 11.8 Å². The van der Waals surface area contributed by atoms with Crippen molar-refractivity contribution >= 4 is 17.7 Å². The average molecular weight is 188 g/mol. The van der Waals surface area contributed by atoms with Crippen LogP contribution in [0.1, 0.15) is 32.6 Å². The van der Waals surface area contributed by atoms with Crippen LogP contribution < -0.4 is 0 Å². The molecular formula is C9H16O2S. The fourth-order valence-corrected chi connectivity index (χ4v) is 3.15. The zero-order valence-corrected chi connectivity index (χ0v) is 8.32. The Morgan fingerprint density at radius 1 is 1.67 bits per heavy atom. The van der Waals surface area contributed by atoms with Crippen molar-refractivity contribution in [2.75, 3.05) is 11.5 Å². The third-order valence-electron chi connectivity index (χ3n) is 2.68. The zero-order chi connectivity index (χ0) is 9.03. The molecule has 0 saturated carbocycles. The van der Waals surface area contributed by atoms with Crippen molar-refractivity contribution in [2.24, 2.45) is 5.41 Å². The molecule has 1 aliphatic rings. The number of rotatable bonds is 3. The van der Waals surface area contributed by atoms with Crippen molar-refractivity contribution in [1.82, 2.24) is 0 Å². The molecule has 1 rings (SSSR count). The molecule has 0 radical (unpaired) electrons. The number of carboxylic acid groups (broad SMARTS) is 1. The van der Waals surface area contributed by atoms with Crippen molar-refractivity contribution < 1.29 is 9.90 Å². The number of carboxylic acids is 1. The Bertz CT molecular complexity index is 162. The highest BCUT2D eigenvalue weighted by Gasteiger charge is 2.32. The molecule has 2 nitrogen and oxygen atoms in total. The molecule has 0 amide bonds. The monoisotopic (exact) mass is 188 g/mol. The summed E-state index contributed by atoms with van der Waals surface area (Å²) in [5.74, 6) is 1.61. The molecule has 1 heterocycles. The van der Waals surface area contributed by atoms with Gasteiger partial charge in [-0.3, -0.25) is 4.79 Å². The summed E-state index contributed by atoms with van der Waals surface area (Å²) in [6, 6.07) is 0. The van der Waals surface area contributed by atoms with Gasteiger partial charge < -0.3 is 5.11 Å². The summed E-state index contributed by atoms with van der Waals surface area (Å²) >= 11 is 1.91. The van der Waals surface area contributed by atoms with Crippen LogP contribution >= 0.6 is 11.8 Å². The molecule has 12 heavy (non-hydrogen) atoms. The fraction of sp³-hybridized carbons (Fsp3) is 0.889. The maximum atomic E-state index is 10.6. The molecule has 1 aliphatic heterocycles. The average Bonchev–Trinajstić information content (AvgIpc) is 2.05. The van der Waals surface area contributed by atoms with Gasteiger partial charge in [-0.25, -0.2) is 0 Å². The second-order valence-electron chi connectivity index (χ2n) is 3.58. The van der Waals surface area contributed by atoms with Gasteiger partial charge in [-0.05, 0) is 36.2 Å². The summed E-state index contributed by atoms with van der Waals surface area (Å²) in [6.45, 7) is 2.11. The molecule has 0 bridgehead atoms. The Kier molecular flexibility index (Phi) is 3.44. The predicted octanol–water partition coefficient (Wildman–Crippen LogP) is 2.38. The van der Waals surface area contributed by atoms with E-state index in [-0.39, 0.29) is 5.41 Å². The minimum Gasteiger partial charge on any atom is -0.481 e. The third kappa shape index (κ3) is 2.41. The smallest absolute Gasteiger partial charge is 0.303 e. The largest absolute Gasteiger partial charge is 0.481 e. The van der Waals surface area contributed by atoms with Gasteiger partial charge in [0, 0.05) is 0 Å². The van der Waals surface area contributed by atoms with Gasteiger partial charge in [0.2, 0.25) is 0 Å². The highest BCUT2D eigenvalue weighted by molar-refractivity contribution is 7.99. The Morgan fingerprint density at radius 2 is 2.42 bits per heavy atom. The van der Waals surface area contributed by atoms with Crippen LogP contribution in [-0.4, -0.2) is 22.6 Å².